The van der Waals surface area contributed by atoms with E-state index in [4.69, 9.17) is 13.9 Å². The molecule has 0 saturated carbocycles. The zero-order valence-electron chi connectivity index (χ0n) is 22.6. The summed E-state index contributed by atoms with van der Waals surface area (Å²) in [5.41, 5.74) is 2.68. The molecule has 1 rings (SSSR count). The normalized spacial score (nSPS) is 16.0. The molecule has 0 amide bonds. The van der Waals surface area contributed by atoms with E-state index in [-0.39, 0.29) is 5.04 Å². The van der Waals surface area contributed by atoms with Crippen LogP contribution in [-0.2, 0) is 15.8 Å². The third kappa shape index (κ3) is 11.2. The number of ether oxygens (including phenoxy) is 2. The summed E-state index contributed by atoms with van der Waals surface area (Å²) < 4.78 is 17.5. The molecule has 3 nitrogen and oxygen atoms in total. The van der Waals surface area contributed by atoms with E-state index in [0.29, 0.717) is 24.4 Å². The van der Waals surface area contributed by atoms with Gasteiger partial charge in [-0.3, -0.25) is 0 Å². The summed E-state index contributed by atoms with van der Waals surface area (Å²) in [7, 11) is 0.0452. The molecule has 0 radical (unpaired) electrons. The zero-order valence-corrected chi connectivity index (χ0v) is 23.6. The van der Waals surface area contributed by atoms with Gasteiger partial charge in [0.15, 0.2) is 8.32 Å². The Bertz CT molecular complexity index is 673. The van der Waals surface area contributed by atoms with Crippen molar-refractivity contribution in [1.82, 2.24) is 0 Å². The largest absolute Gasteiger partial charge is 0.497 e. The molecule has 0 N–H and O–H groups in total. The molecule has 0 bridgehead atoms. The SMILES string of the molecule is COc1ccc(COCC[C@@H](C)/C=C(\C)C[C@@H](C)C[C@@H](C)CO[Si](C)(C)C(C)(C)C)cc1. The van der Waals surface area contributed by atoms with Gasteiger partial charge in [-0.1, -0.05) is 65.3 Å². The lowest BCUT2D eigenvalue weighted by atomic mass is 9.91. The van der Waals surface area contributed by atoms with Crippen LogP contribution in [0.3, 0.4) is 0 Å². The standard InChI is InChI=1S/C28H50O3Si/c1-22(15-16-30-21-26-11-13-27(29-8)14-12-26)17-23(2)18-24(3)19-25(4)20-31-32(9,10)28(5,6)7/h11-14,17,22,24-25H,15-16,18-21H2,1-10H3/b23-17+/t22-,24-,25-/m1/s1. The first-order valence-electron chi connectivity index (χ1n) is 12.4. The Kier molecular flexibility index (Phi) is 12.3. The first-order valence-corrected chi connectivity index (χ1v) is 15.3. The molecule has 0 aromatic heterocycles. The van der Waals surface area contributed by atoms with Crippen LogP contribution in [-0.4, -0.2) is 28.6 Å². The smallest absolute Gasteiger partial charge is 0.191 e. The van der Waals surface area contributed by atoms with Gasteiger partial charge in [-0.2, -0.15) is 0 Å². The Labute approximate surface area is 200 Å². The first-order chi connectivity index (χ1) is 14.8. The third-order valence-corrected chi connectivity index (χ3v) is 11.2. The van der Waals surface area contributed by atoms with Crippen molar-refractivity contribution in [2.24, 2.45) is 17.8 Å². The van der Waals surface area contributed by atoms with Gasteiger partial charge < -0.3 is 13.9 Å². The molecule has 0 spiro atoms. The molecule has 3 atom stereocenters. The maximum Gasteiger partial charge on any atom is 0.191 e. The van der Waals surface area contributed by atoms with Gasteiger partial charge in [-0.15, -0.1) is 0 Å². The monoisotopic (exact) mass is 462 g/mol. The van der Waals surface area contributed by atoms with Crippen molar-refractivity contribution in [2.45, 2.75) is 92.5 Å². The summed E-state index contributed by atoms with van der Waals surface area (Å²) in [5.74, 6) is 2.71. The minimum absolute atomic E-state index is 0.284. The highest BCUT2D eigenvalue weighted by Gasteiger charge is 2.37. The Morgan fingerprint density at radius 1 is 1.03 bits per heavy atom. The van der Waals surface area contributed by atoms with Crippen LogP contribution in [0.25, 0.3) is 0 Å². The molecule has 0 fully saturated rings. The molecule has 0 heterocycles. The zero-order chi connectivity index (χ0) is 24.4. The Morgan fingerprint density at radius 2 is 1.66 bits per heavy atom. The van der Waals surface area contributed by atoms with Crippen LogP contribution in [0.5, 0.6) is 5.75 Å². The summed E-state index contributed by atoms with van der Waals surface area (Å²) in [6, 6.07) is 8.09. The molecular formula is C28H50O3Si. The van der Waals surface area contributed by atoms with Gasteiger partial charge in [-0.25, -0.2) is 0 Å². The number of hydrogen-bond donors (Lipinski definition) is 0. The van der Waals surface area contributed by atoms with Crippen LogP contribution in [0.4, 0.5) is 0 Å². The quantitative estimate of drug-likeness (QED) is 0.158. The lowest BCUT2D eigenvalue weighted by Gasteiger charge is -2.37. The second-order valence-corrected chi connectivity index (χ2v) is 16.2. The lowest BCUT2D eigenvalue weighted by molar-refractivity contribution is 0.113. The van der Waals surface area contributed by atoms with Crippen LogP contribution in [0.2, 0.25) is 18.1 Å². The maximum atomic E-state index is 6.43. The number of rotatable bonds is 14. The van der Waals surface area contributed by atoms with E-state index in [1.807, 2.05) is 12.1 Å². The summed E-state index contributed by atoms with van der Waals surface area (Å²) in [4.78, 5) is 0. The Hall–Kier alpha value is -1.10. The fraction of sp³-hybridized carbons (Fsp3) is 0.714. The molecule has 0 saturated heterocycles. The van der Waals surface area contributed by atoms with Crippen molar-refractivity contribution < 1.29 is 13.9 Å². The first kappa shape index (κ1) is 28.9. The lowest BCUT2D eigenvalue weighted by Crippen LogP contribution is -2.41. The highest BCUT2D eigenvalue weighted by atomic mass is 28.4. The van der Waals surface area contributed by atoms with Crippen molar-refractivity contribution in [3.63, 3.8) is 0 Å². The van der Waals surface area contributed by atoms with Crippen LogP contribution >= 0.6 is 0 Å². The van der Waals surface area contributed by atoms with Crippen molar-refractivity contribution in [1.29, 1.82) is 0 Å². The highest BCUT2D eigenvalue weighted by Crippen LogP contribution is 2.37. The minimum atomic E-state index is -1.64. The maximum absolute atomic E-state index is 6.43. The molecule has 184 valence electrons. The van der Waals surface area contributed by atoms with E-state index in [1.165, 1.54) is 24.0 Å². The van der Waals surface area contributed by atoms with Gasteiger partial charge in [0, 0.05) is 13.2 Å². The molecule has 4 heteroatoms. The Balaban J connectivity index is 2.30. The van der Waals surface area contributed by atoms with E-state index >= 15 is 0 Å². The van der Waals surface area contributed by atoms with Gasteiger partial charge in [0.2, 0.25) is 0 Å². The predicted octanol–water partition coefficient (Wildman–Crippen LogP) is 8.26. The summed E-state index contributed by atoms with van der Waals surface area (Å²) in [5, 5.41) is 0.284. The molecule has 1 aromatic rings. The van der Waals surface area contributed by atoms with Gasteiger partial charge in [0.25, 0.3) is 0 Å². The highest BCUT2D eigenvalue weighted by molar-refractivity contribution is 6.74. The van der Waals surface area contributed by atoms with Crippen molar-refractivity contribution in [2.75, 3.05) is 20.3 Å². The topological polar surface area (TPSA) is 27.7 Å². The fourth-order valence-electron chi connectivity index (χ4n) is 3.77. The fourth-order valence-corrected chi connectivity index (χ4v) is 4.91. The molecular weight excluding hydrogens is 412 g/mol. The van der Waals surface area contributed by atoms with E-state index in [1.54, 1.807) is 7.11 Å². The average molecular weight is 463 g/mol. The second kappa shape index (κ2) is 13.6. The summed E-state index contributed by atoms with van der Waals surface area (Å²) >= 11 is 0. The molecule has 0 aliphatic heterocycles. The summed E-state index contributed by atoms with van der Waals surface area (Å²) in [6.07, 6.45) is 5.88. The average Bonchev–Trinajstić information content (AvgIpc) is 2.69. The van der Waals surface area contributed by atoms with Gasteiger partial charge >= 0.3 is 0 Å². The van der Waals surface area contributed by atoms with Crippen LogP contribution in [0.15, 0.2) is 35.9 Å². The summed E-state index contributed by atoms with van der Waals surface area (Å²) in [6.45, 7) is 23.3. The van der Waals surface area contributed by atoms with E-state index in [2.05, 4.69) is 79.8 Å². The molecule has 32 heavy (non-hydrogen) atoms. The van der Waals surface area contributed by atoms with Crippen LogP contribution in [0.1, 0.15) is 73.3 Å². The van der Waals surface area contributed by atoms with Gasteiger partial charge in [0.05, 0.1) is 13.7 Å². The molecule has 0 aliphatic rings. The van der Waals surface area contributed by atoms with Crippen molar-refractivity contribution in [3.8, 4) is 5.75 Å². The molecule has 0 aliphatic carbocycles. The number of hydrogen-bond acceptors (Lipinski definition) is 3. The predicted molar refractivity (Wildman–Crippen MR) is 141 cm³/mol. The molecule has 0 unspecified atom stereocenters. The molecule has 1 aromatic carbocycles. The van der Waals surface area contributed by atoms with E-state index in [9.17, 15) is 0 Å². The minimum Gasteiger partial charge on any atom is -0.497 e. The number of allylic oxidation sites excluding steroid dienone is 2. The second-order valence-electron chi connectivity index (χ2n) is 11.4. The van der Waals surface area contributed by atoms with Crippen LogP contribution < -0.4 is 4.74 Å². The van der Waals surface area contributed by atoms with Crippen LogP contribution in [0, 0.1) is 17.8 Å². The van der Waals surface area contributed by atoms with Gasteiger partial charge in [0.1, 0.15) is 5.75 Å². The van der Waals surface area contributed by atoms with E-state index < -0.39 is 8.32 Å². The number of benzene rings is 1. The number of methoxy groups -OCH3 is 1. The van der Waals surface area contributed by atoms with Crippen molar-refractivity contribution >= 4 is 8.32 Å². The Morgan fingerprint density at radius 3 is 2.22 bits per heavy atom. The van der Waals surface area contributed by atoms with Gasteiger partial charge in [-0.05, 0) is 79.8 Å². The third-order valence-electron chi connectivity index (χ3n) is 6.72. The van der Waals surface area contributed by atoms with E-state index in [0.717, 1.165) is 25.4 Å². The van der Waals surface area contributed by atoms with Crippen molar-refractivity contribution in [3.05, 3.63) is 41.5 Å².